The van der Waals surface area contributed by atoms with Crippen LogP contribution < -0.4 is 0 Å². The van der Waals surface area contributed by atoms with E-state index in [0.717, 1.165) is 77.0 Å². The van der Waals surface area contributed by atoms with Crippen LogP contribution >= 0.6 is 0 Å². The third kappa shape index (κ3) is 30.6. The fourth-order valence-electron chi connectivity index (χ4n) is 6.64. The summed E-state index contributed by atoms with van der Waals surface area (Å²) in [6.07, 6.45) is 42.5. The lowest BCUT2D eigenvalue weighted by Gasteiger charge is -2.39. The van der Waals surface area contributed by atoms with E-state index in [-0.39, 0.29) is 19.2 Å². The van der Waals surface area contributed by atoms with Crippen molar-refractivity contribution in [2.45, 2.75) is 211 Å². The molecule has 0 aliphatic carbocycles. The van der Waals surface area contributed by atoms with E-state index >= 15 is 0 Å². The molecular weight excluding hydrogens is 721 g/mol. The first-order chi connectivity index (χ1) is 27.9. The van der Waals surface area contributed by atoms with Gasteiger partial charge in [-0.1, -0.05) is 171 Å². The van der Waals surface area contributed by atoms with Gasteiger partial charge in [0.25, 0.3) is 0 Å². The zero-order valence-corrected chi connectivity index (χ0v) is 36.1. The maximum atomic E-state index is 12.7. The Balaban J connectivity index is 2.20. The van der Waals surface area contributed by atoms with Gasteiger partial charge in [-0.05, 0) is 57.8 Å². The molecule has 0 amide bonds. The summed E-state index contributed by atoms with van der Waals surface area (Å²) in [6.45, 7) is 4.40. The number of carbonyl (C=O) groups excluding carboxylic acids is 1. The second-order valence-corrected chi connectivity index (χ2v) is 15.5. The molecule has 1 fully saturated rings. The molecule has 6 atom stereocenters. The first kappa shape index (κ1) is 52.9. The van der Waals surface area contributed by atoms with Crippen molar-refractivity contribution in [2.24, 2.45) is 0 Å². The van der Waals surface area contributed by atoms with Crippen LogP contribution in [0.15, 0.2) is 60.8 Å². The molecule has 57 heavy (non-hydrogen) atoms. The molecule has 6 unspecified atom stereocenters. The predicted octanol–water partition coefficient (Wildman–Crippen LogP) is 10.3. The van der Waals surface area contributed by atoms with E-state index in [1.165, 1.54) is 77.0 Å². The van der Waals surface area contributed by atoms with Crippen LogP contribution in [0.2, 0.25) is 0 Å². The molecule has 330 valence electrons. The van der Waals surface area contributed by atoms with E-state index in [1.807, 2.05) is 0 Å². The molecule has 1 heterocycles. The fraction of sp³-hybridized carbons (Fsp3) is 0.771. The van der Waals surface area contributed by atoms with E-state index < -0.39 is 43.4 Å². The van der Waals surface area contributed by atoms with E-state index in [2.05, 4.69) is 74.6 Å². The molecule has 0 aromatic carbocycles. The quantitative estimate of drug-likeness (QED) is 0.0273. The summed E-state index contributed by atoms with van der Waals surface area (Å²) in [5, 5.41) is 40.1. The lowest BCUT2D eigenvalue weighted by Crippen LogP contribution is -2.59. The number of allylic oxidation sites excluding steroid dienone is 10. The summed E-state index contributed by atoms with van der Waals surface area (Å²) in [7, 11) is 0. The molecule has 0 aromatic heterocycles. The molecule has 1 aliphatic rings. The Morgan fingerprint density at radius 3 is 1.61 bits per heavy atom. The third-order valence-electron chi connectivity index (χ3n) is 10.2. The Hall–Kier alpha value is -2.11. The predicted molar refractivity (Wildman–Crippen MR) is 233 cm³/mol. The topological polar surface area (TPSA) is 135 Å². The van der Waals surface area contributed by atoms with Gasteiger partial charge in [-0.2, -0.15) is 0 Å². The second-order valence-electron chi connectivity index (χ2n) is 15.5. The van der Waals surface area contributed by atoms with Crippen LogP contribution in [0, 0.1) is 0 Å². The Kier molecular flexibility index (Phi) is 36.5. The van der Waals surface area contributed by atoms with Crippen molar-refractivity contribution >= 4 is 5.97 Å². The van der Waals surface area contributed by atoms with Gasteiger partial charge in [-0.25, -0.2) is 0 Å². The lowest BCUT2D eigenvalue weighted by atomic mass is 9.99. The number of aliphatic hydroxyl groups excluding tert-OH is 4. The standard InChI is InChI=1S/C48H84O9/c1-3-5-7-9-11-13-15-16-17-18-19-20-21-22-23-24-25-26-27-28-30-32-34-36-38-54-40-42(41-55-48-47(53)46(52)45(51)43(39-49)57-48)56-44(50)37-35-33-31-29-14-12-10-8-6-4-2/h5,7,11,13,16-17,19-20,22-23,42-43,45-49,51-53H,3-4,6,8-10,12,14-15,18,21,24-41H2,1-2H3/b7-5-,13-11-,17-16-,20-19-,23-22-. The number of carbonyl (C=O) groups is 1. The minimum Gasteiger partial charge on any atom is -0.457 e. The fourth-order valence-corrected chi connectivity index (χ4v) is 6.64. The van der Waals surface area contributed by atoms with Crippen LogP contribution in [0.4, 0.5) is 0 Å². The Labute approximate surface area is 347 Å². The number of ether oxygens (including phenoxy) is 4. The minimum absolute atomic E-state index is 0.118. The van der Waals surface area contributed by atoms with E-state index in [1.54, 1.807) is 0 Å². The van der Waals surface area contributed by atoms with Crippen molar-refractivity contribution in [1.82, 2.24) is 0 Å². The summed E-state index contributed by atoms with van der Waals surface area (Å²) in [5.41, 5.74) is 0. The van der Waals surface area contributed by atoms with Gasteiger partial charge in [0.05, 0.1) is 19.8 Å². The number of esters is 1. The maximum absolute atomic E-state index is 12.7. The Bertz CT molecular complexity index is 1050. The zero-order valence-electron chi connectivity index (χ0n) is 36.1. The molecule has 4 N–H and O–H groups in total. The SMILES string of the molecule is CC/C=C\C/C=C\C/C=C\C/C=C\C/C=C\CCCCCCCCCCOCC(COC1OC(CO)C(O)C(O)C1O)OC(=O)CCCCCCCCCCCC. The highest BCUT2D eigenvalue weighted by molar-refractivity contribution is 5.69. The van der Waals surface area contributed by atoms with Crippen LogP contribution in [0.3, 0.4) is 0 Å². The van der Waals surface area contributed by atoms with Crippen LogP contribution in [-0.2, 0) is 23.7 Å². The van der Waals surface area contributed by atoms with Gasteiger partial charge in [-0.3, -0.25) is 4.79 Å². The van der Waals surface area contributed by atoms with Crippen LogP contribution in [0.5, 0.6) is 0 Å². The van der Waals surface area contributed by atoms with E-state index in [9.17, 15) is 25.2 Å². The summed E-state index contributed by atoms with van der Waals surface area (Å²) in [4.78, 5) is 12.7. The second kappa shape index (κ2) is 39.4. The van der Waals surface area contributed by atoms with Crippen molar-refractivity contribution in [3.8, 4) is 0 Å². The summed E-state index contributed by atoms with van der Waals surface area (Å²) < 4.78 is 22.8. The maximum Gasteiger partial charge on any atom is 0.306 e. The van der Waals surface area contributed by atoms with E-state index in [0.29, 0.717) is 13.0 Å². The number of hydrogen-bond donors (Lipinski definition) is 4. The molecule has 9 heteroatoms. The third-order valence-corrected chi connectivity index (χ3v) is 10.2. The summed E-state index contributed by atoms with van der Waals surface area (Å²) in [6, 6.07) is 0. The van der Waals surface area contributed by atoms with Crippen LogP contribution in [0.25, 0.3) is 0 Å². The average molecular weight is 805 g/mol. The van der Waals surface area contributed by atoms with Crippen LogP contribution in [0.1, 0.15) is 174 Å². The van der Waals surface area contributed by atoms with Crippen molar-refractivity contribution in [3.63, 3.8) is 0 Å². The van der Waals surface area contributed by atoms with Gasteiger partial charge in [0.2, 0.25) is 0 Å². The largest absolute Gasteiger partial charge is 0.457 e. The molecule has 1 aliphatic heterocycles. The summed E-state index contributed by atoms with van der Waals surface area (Å²) in [5.74, 6) is -0.321. The molecule has 0 radical (unpaired) electrons. The zero-order chi connectivity index (χ0) is 41.4. The first-order valence-corrected chi connectivity index (χ1v) is 22.9. The molecule has 0 spiro atoms. The number of rotatable bonds is 38. The molecule has 9 nitrogen and oxygen atoms in total. The van der Waals surface area contributed by atoms with Gasteiger partial charge in [-0.15, -0.1) is 0 Å². The number of hydrogen-bond acceptors (Lipinski definition) is 9. The number of unbranched alkanes of at least 4 members (excludes halogenated alkanes) is 17. The normalized spacial score (nSPS) is 21.0. The monoisotopic (exact) mass is 805 g/mol. The molecule has 1 saturated heterocycles. The van der Waals surface area contributed by atoms with Crippen molar-refractivity contribution in [2.75, 3.05) is 26.4 Å². The average Bonchev–Trinajstić information content (AvgIpc) is 3.21. The molecular formula is C48H84O9. The Morgan fingerprint density at radius 1 is 0.579 bits per heavy atom. The highest BCUT2D eigenvalue weighted by Gasteiger charge is 2.44. The molecule has 0 saturated carbocycles. The highest BCUT2D eigenvalue weighted by atomic mass is 16.7. The van der Waals surface area contributed by atoms with Gasteiger partial charge in [0.1, 0.15) is 30.5 Å². The van der Waals surface area contributed by atoms with Crippen molar-refractivity contribution in [3.05, 3.63) is 60.8 Å². The Morgan fingerprint density at radius 2 is 1.07 bits per heavy atom. The smallest absolute Gasteiger partial charge is 0.306 e. The van der Waals surface area contributed by atoms with Crippen molar-refractivity contribution < 1.29 is 44.2 Å². The van der Waals surface area contributed by atoms with E-state index in [4.69, 9.17) is 18.9 Å². The number of aliphatic hydroxyl groups is 4. The van der Waals surface area contributed by atoms with Gasteiger partial charge in [0, 0.05) is 13.0 Å². The molecule has 0 aromatic rings. The molecule has 1 rings (SSSR count). The highest BCUT2D eigenvalue weighted by Crippen LogP contribution is 2.22. The van der Waals surface area contributed by atoms with Gasteiger partial charge >= 0.3 is 5.97 Å². The van der Waals surface area contributed by atoms with Gasteiger partial charge in [0.15, 0.2) is 6.29 Å². The van der Waals surface area contributed by atoms with Gasteiger partial charge < -0.3 is 39.4 Å². The van der Waals surface area contributed by atoms with Crippen molar-refractivity contribution in [1.29, 1.82) is 0 Å². The molecule has 0 bridgehead atoms. The summed E-state index contributed by atoms with van der Waals surface area (Å²) >= 11 is 0. The lowest BCUT2D eigenvalue weighted by molar-refractivity contribution is -0.305. The first-order valence-electron chi connectivity index (χ1n) is 22.9. The minimum atomic E-state index is -1.54. The van der Waals surface area contributed by atoms with Crippen LogP contribution in [-0.4, -0.2) is 89.6 Å².